The van der Waals surface area contributed by atoms with E-state index in [0.29, 0.717) is 34.2 Å². The van der Waals surface area contributed by atoms with E-state index in [1.54, 1.807) is 17.9 Å². The van der Waals surface area contributed by atoms with Crippen LogP contribution in [-0.2, 0) is 24.6 Å². The fourth-order valence-corrected chi connectivity index (χ4v) is 4.68. The predicted octanol–water partition coefficient (Wildman–Crippen LogP) is 1.19. The maximum absolute atomic E-state index is 12.7. The summed E-state index contributed by atoms with van der Waals surface area (Å²) in [4.78, 5) is 26.2. The number of aromatic nitrogens is 5. The summed E-state index contributed by atoms with van der Waals surface area (Å²) < 4.78 is 7.02. The second-order valence-electron chi connectivity index (χ2n) is 8.22. The third kappa shape index (κ3) is 2.59. The average molecular weight is 405 g/mol. The summed E-state index contributed by atoms with van der Waals surface area (Å²) in [7, 11) is 1.80. The number of hydrogen-bond donors (Lipinski definition) is 3. The molecule has 2 aliphatic rings. The highest BCUT2D eigenvalue weighted by atomic mass is 16.5. The van der Waals surface area contributed by atoms with Gasteiger partial charge in [0.1, 0.15) is 16.9 Å². The summed E-state index contributed by atoms with van der Waals surface area (Å²) in [6.07, 6.45) is 3.60. The smallest absolute Gasteiger partial charge is 0.261 e. The number of H-pyrrole nitrogens is 2. The second-order valence-corrected chi connectivity index (χ2v) is 8.22. The van der Waals surface area contributed by atoms with Crippen LogP contribution < -0.4 is 11.3 Å². The summed E-state index contributed by atoms with van der Waals surface area (Å²) in [5, 5.41) is 4.19. The minimum Gasteiger partial charge on any atom is -0.396 e. The Morgan fingerprint density at radius 1 is 1.13 bits per heavy atom. The number of ether oxygens (including phenoxy) is 1. The Labute approximate surface area is 171 Å². The van der Waals surface area contributed by atoms with E-state index in [2.05, 4.69) is 32.1 Å². The first kappa shape index (κ1) is 17.7. The Morgan fingerprint density at radius 2 is 1.90 bits per heavy atom. The van der Waals surface area contributed by atoms with Crippen LogP contribution in [0.4, 0.5) is 5.69 Å². The molecule has 0 aliphatic carbocycles. The summed E-state index contributed by atoms with van der Waals surface area (Å²) in [5.41, 5.74) is 12.6. The lowest BCUT2D eigenvalue weighted by molar-refractivity contribution is -0.0634. The minimum atomic E-state index is -0.271. The molecule has 0 radical (unpaired) electrons. The number of nitrogens with two attached hydrogens (primary N) is 1. The predicted molar refractivity (Wildman–Crippen MR) is 114 cm³/mol. The van der Waals surface area contributed by atoms with E-state index in [4.69, 9.17) is 15.5 Å². The third-order valence-electron chi connectivity index (χ3n) is 6.45. The van der Waals surface area contributed by atoms with Gasteiger partial charge in [0.2, 0.25) is 0 Å². The number of nitrogens with zero attached hydrogens (tertiary/aromatic N) is 4. The van der Waals surface area contributed by atoms with Crippen molar-refractivity contribution in [2.75, 3.05) is 32.0 Å². The molecular weight excluding hydrogens is 382 g/mol. The van der Waals surface area contributed by atoms with Crippen LogP contribution in [0.1, 0.15) is 11.1 Å². The molecule has 30 heavy (non-hydrogen) atoms. The molecule has 1 fully saturated rings. The molecular formula is C21H23N7O2. The zero-order valence-corrected chi connectivity index (χ0v) is 16.7. The van der Waals surface area contributed by atoms with E-state index in [1.807, 2.05) is 0 Å². The fraction of sp³-hybridized carbons (Fsp3) is 0.381. The first-order valence-electron chi connectivity index (χ1n) is 10.3. The maximum atomic E-state index is 12.7. The zero-order valence-electron chi connectivity index (χ0n) is 16.7. The van der Waals surface area contributed by atoms with Crippen molar-refractivity contribution in [1.82, 2.24) is 29.6 Å². The number of benzene rings is 1. The van der Waals surface area contributed by atoms with E-state index in [-0.39, 0.29) is 5.56 Å². The molecule has 2 aliphatic heterocycles. The normalized spacial score (nSPS) is 17.9. The van der Waals surface area contributed by atoms with Crippen molar-refractivity contribution in [3.63, 3.8) is 0 Å². The van der Waals surface area contributed by atoms with Gasteiger partial charge in [-0.05, 0) is 36.1 Å². The van der Waals surface area contributed by atoms with Gasteiger partial charge in [-0.25, -0.2) is 4.98 Å². The van der Waals surface area contributed by atoms with Crippen LogP contribution in [0.3, 0.4) is 0 Å². The van der Waals surface area contributed by atoms with Gasteiger partial charge in [-0.2, -0.15) is 5.10 Å². The van der Waals surface area contributed by atoms with Crippen molar-refractivity contribution in [1.29, 1.82) is 0 Å². The van der Waals surface area contributed by atoms with Crippen LogP contribution in [0, 0.1) is 0 Å². The lowest BCUT2D eigenvalue weighted by Gasteiger charge is -2.36. The molecule has 9 heteroatoms. The topological polar surface area (TPSA) is 118 Å². The molecule has 5 heterocycles. The monoisotopic (exact) mass is 405 g/mol. The average Bonchev–Trinajstić information content (AvgIpc) is 3.18. The molecule has 0 bridgehead atoms. The van der Waals surface area contributed by atoms with Crippen LogP contribution in [0.2, 0.25) is 0 Å². The third-order valence-corrected chi connectivity index (χ3v) is 6.45. The fourth-order valence-electron chi connectivity index (χ4n) is 4.68. The Morgan fingerprint density at radius 3 is 2.63 bits per heavy atom. The van der Waals surface area contributed by atoms with Crippen LogP contribution in [0.25, 0.3) is 33.5 Å². The molecule has 1 saturated heterocycles. The number of pyridine rings is 1. The van der Waals surface area contributed by atoms with Crippen molar-refractivity contribution < 1.29 is 4.74 Å². The molecule has 0 atom stereocenters. The molecule has 6 rings (SSSR count). The van der Waals surface area contributed by atoms with Gasteiger partial charge in [0.05, 0.1) is 47.7 Å². The van der Waals surface area contributed by atoms with Crippen LogP contribution >= 0.6 is 0 Å². The van der Waals surface area contributed by atoms with Gasteiger partial charge in [0.25, 0.3) is 5.56 Å². The number of rotatable bonds is 2. The Bertz CT molecular complexity index is 1300. The quantitative estimate of drug-likeness (QED) is 0.461. The number of nitrogens with one attached hydrogen (secondary N) is 2. The maximum Gasteiger partial charge on any atom is 0.261 e. The van der Waals surface area contributed by atoms with Crippen molar-refractivity contribution in [2.45, 2.75) is 18.9 Å². The lowest BCUT2D eigenvalue weighted by Crippen LogP contribution is -2.49. The first-order chi connectivity index (χ1) is 14.6. The molecule has 1 aromatic carbocycles. The summed E-state index contributed by atoms with van der Waals surface area (Å²) in [6, 6.07) is 4.89. The number of imidazole rings is 1. The van der Waals surface area contributed by atoms with Crippen LogP contribution in [0.5, 0.6) is 0 Å². The first-order valence-corrected chi connectivity index (χ1v) is 10.3. The molecule has 4 N–H and O–H groups in total. The molecule has 154 valence electrons. The minimum absolute atomic E-state index is 0.271. The van der Waals surface area contributed by atoms with Crippen molar-refractivity contribution in [3.8, 4) is 11.4 Å². The summed E-state index contributed by atoms with van der Waals surface area (Å²) in [6.45, 7) is 3.77. The largest absolute Gasteiger partial charge is 0.396 e. The number of fused-ring (bicyclic) bond motifs is 3. The molecule has 4 aromatic rings. The summed E-state index contributed by atoms with van der Waals surface area (Å²) in [5.74, 6) is 0.486. The van der Waals surface area contributed by atoms with Crippen molar-refractivity contribution >= 4 is 27.8 Å². The number of hydrogen-bond acceptors (Lipinski definition) is 6. The number of anilines is 1. The van der Waals surface area contributed by atoms with Gasteiger partial charge in [-0.1, -0.05) is 0 Å². The molecule has 0 unspecified atom stereocenters. The Balaban J connectivity index is 1.42. The molecule has 0 amide bonds. The Kier molecular flexibility index (Phi) is 3.78. The van der Waals surface area contributed by atoms with Gasteiger partial charge < -0.3 is 20.4 Å². The molecule has 9 nitrogen and oxygen atoms in total. The highest BCUT2D eigenvalue weighted by molar-refractivity contribution is 5.95. The van der Waals surface area contributed by atoms with Gasteiger partial charge in [-0.3, -0.25) is 14.4 Å². The highest BCUT2D eigenvalue weighted by Gasteiger charge is 2.27. The van der Waals surface area contributed by atoms with E-state index in [9.17, 15) is 4.79 Å². The lowest BCUT2D eigenvalue weighted by atomic mass is 10.0. The highest BCUT2D eigenvalue weighted by Crippen LogP contribution is 2.30. The number of aryl methyl sites for hydroxylation is 1. The van der Waals surface area contributed by atoms with Crippen LogP contribution in [0.15, 0.2) is 23.1 Å². The van der Waals surface area contributed by atoms with Gasteiger partial charge in [0, 0.05) is 20.1 Å². The van der Waals surface area contributed by atoms with Crippen molar-refractivity contribution in [2.24, 2.45) is 7.05 Å². The van der Waals surface area contributed by atoms with Gasteiger partial charge >= 0.3 is 0 Å². The van der Waals surface area contributed by atoms with Gasteiger partial charge in [0.15, 0.2) is 0 Å². The standard InChI is InChI=1S/C21H23N7O2/c1-27-19-16(8-23-27)26-21(29)17(18(19)22)20-24-14-6-11-2-4-28(13-9-30-10-13)5-3-12(11)7-15(14)25-20/h6-8,13H,2-5,9-10H2,1H3,(H,24,25)(H3,22,26,29). The van der Waals surface area contributed by atoms with Gasteiger partial charge in [-0.15, -0.1) is 0 Å². The second kappa shape index (κ2) is 6.41. The number of aromatic amines is 2. The van der Waals surface area contributed by atoms with Crippen LogP contribution in [-0.4, -0.2) is 62.0 Å². The van der Waals surface area contributed by atoms with E-state index < -0.39 is 0 Å². The SMILES string of the molecule is Cn1ncc2[nH]c(=O)c(-c3nc4cc5c(cc4[nH]3)CCN(C3COC3)CC5)c(N)c21. The zero-order chi connectivity index (χ0) is 20.4. The number of nitrogen functional groups attached to an aromatic ring is 1. The molecule has 0 saturated carbocycles. The Hall–Kier alpha value is -3.17. The summed E-state index contributed by atoms with van der Waals surface area (Å²) >= 11 is 0. The van der Waals surface area contributed by atoms with Crippen molar-refractivity contribution in [3.05, 3.63) is 39.8 Å². The van der Waals surface area contributed by atoms with E-state index in [0.717, 1.165) is 50.2 Å². The molecule has 3 aromatic heterocycles. The van der Waals surface area contributed by atoms with E-state index in [1.165, 1.54) is 11.1 Å². The van der Waals surface area contributed by atoms with E-state index >= 15 is 0 Å². The molecule has 0 spiro atoms.